The summed E-state index contributed by atoms with van der Waals surface area (Å²) in [7, 11) is 0. The molecule has 0 bridgehead atoms. The molecular formula is C21H20N2O2. The van der Waals surface area contributed by atoms with Crippen LogP contribution in [0.5, 0.6) is 0 Å². The monoisotopic (exact) mass is 332 g/mol. The first kappa shape index (κ1) is 16.8. The first-order valence-electron chi connectivity index (χ1n) is 8.35. The molecule has 1 heterocycles. The van der Waals surface area contributed by atoms with Crippen molar-refractivity contribution in [2.24, 2.45) is 0 Å². The van der Waals surface area contributed by atoms with Crippen LogP contribution in [-0.4, -0.2) is 35.8 Å². The van der Waals surface area contributed by atoms with Crippen molar-refractivity contribution in [3.05, 3.63) is 71.3 Å². The highest BCUT2D eigenvalue weighted by atomic mass is 16.2. The van der Waals surface area contributed by atoms with Gasteiger partial charge in [-0.15, -0.1) is 6.42 Å². The summed E-state index contributed by atoms with van der Waals surface area (Å²) < 4.78 is 0. The van der Waals surface area contributed by atoms with E-state index in [1.54, 1.807) is 24.3 Å². The zero-order chi connectivity index (χ0) is 17.6. The van der Waals surface area contributed by atoms with Crippen molar-refractivity contribution in [3.8, 4) is 12.3 Å². The fraction of sp³-hybridized carbons (Fsp3) is 0.238. The number of amides is 2. The van der Waals surface area contributed by atoms with E-state index < -0.39 is 0 Å². The topological polar surface area (TPSA) is 49.4 Å². The molecule has 0 aliphatic carbocycles. The molecule has 2 amide bonds. The first-order chi connectivity index (χ1) is 12.2. The molecule has 0 radical (unpaired) electrons. The molecule has 0 spiro atoms. The largest absolute Gasteiger partial charge is 0.347 e. The molecule has 1 aliphatic rings. The van der Waals surface area contributed by atoms with Gasteiger partial charge in [-0.25, -0.2) is 0 Å². The smallest absolute Gasteiger partial charge is 0.251 e. The average Bonchev–Trinajstić information content (AvgIpc) is 3.00. The molecule has 0 saturated carbocycles. The second kappa shape index (κ2) is 7.67. The SMILES string of the molecule is C#Cc1cccc(C(=O)NC2CC(=O)N(CCc3ccccc3)C2)c1. The number of nitrogens with one attached hydrogen (secondary N) is 1. The summed E-state index contributed by atoms with van der Waals surface area (Å²) in [5, 5.41) is 2.94. The van der Waals surface area contributed by atoms with Crippen LogP contribution in [0.4, 0.5) is 0 Å². The van der Waals surface area contributed by atoms with Crippen molar-refractivity contribution in [3.63, 3.8) is 0 Å². The van der Waals surface area contributed by atoms with Gasteiger partial charge in [0, 0.05) is 30.6 Å². The molecule has 4 nitrogen and oxygen atoms in total. The zero-order valence-corrected chi connectivity index (χ0v) is 13.9. The number of hydrogen-bond donors (Lipinski definition) is 1. The van der Waals surface area contributed by atoms with Gasteiger partial charge in [0.1, 0.15) is 0 Å². The van der Waals surface area contributed by atoms with E-state index in [2.05, 4.69) is 23.4 Å². The van der Waals surface area contributed by atoms with Crippen LogP contribution in [-0.2, 0) is 11.2 Å². The minimum Gasteiger partial charge on any atom is -0.347 e. The lowest BCUT2D eigenvalue weighted by atomic mass is 10.1. The molecular weight excluding hydrogens is 312 g/mol. The summed E-state index contributed by atoms with van der Waals surface area (Å²) in [6.07, 6.45) is 6.53. The van der Waals surface area contributed by atoms with E-state index in [0.29, 0.717) is 30.6 Å². The molecule has 1 N–H and O–H groups in total. The van der Waals surface area contributed by atoms with Gasteiger partial charge >= 0.3 is 0 Å². The highest BCUT2D eigenvalue weighted by Gasteiger charge is 2.30. The number of terminal acetylenes is 1. The Kier molecular flexibility index (Phi) is 5.15. The maximum absolute atomic E-state index is 12.4. The molecule has 1 aliphatic heterocycles. The number of rotatable bonds is 5. The van der Waals surface area contributed by atoms with Crippen LogP contribution in [0.25, 0.3) is 0 Å². The molecule has 2 aromatic rings. The lowest BCUT2D eigenvalue weighted by Crippen LogP contribution is -2.37. The fourth-order valence-electron chi connectivity index (χ4n) is 3.01. The number of carbonyl (C=O) groups excluding carboxylic acids is 2. The van der Waals surface area contributed by atoms with Crippen LogP contribution in [0.3, 0.4) is 0 Å². The summed E-state index contributed by atoms with van der Waals surface area (Å²) in [5.74, 6) is 2.41. The Labute approximate surface area is 147 Å². The summed E-state index contributed by atoms with van der Waals surface area (Å²) in [5.41, 5.74) is 2.39. The maximum Gasteiger partial charge on any atom is 0.251 e. The third kappa shape index (κ3) is 4.27. The van der Waals surface area contributed by atoms with Gasteiger partial charge in [-0.2, -0.15) is 0 Å². The van der Waals surface area contributed by atoms with E-state index in [1.165, 1.54) is 5.56 Å². The zero-order valence-electron chi connectivity index (χ0n) is 13.9. The minimum atomic E-state index is -0.195. The van der Waals surface area contributed by atoms with Crippen LogP contribution in [0, 0.1) is 12.3 Å². The standard InChI is InChI=1S/C21H20N2O2/c1-2-16-9-6-10-18(13-16)21(25)22-19-14-20(24)23(15-19)12-11-17-7-4-3-5-8-17/h1,3-10,13,19H,11-12,14-15H2,(H,22,25). The molecule has 25 heavy (non-hydrogen) atoms. The summed E-state index contributed by atoms with van der Waals surface area (Å²) in [6.45, 7) is 1.22. The maximum atomic E-state index is 12.4. The molecule has 2 aromatic carbocycles. The van der Waals surface area contributed by atoms with Crippen LogP contribution in [0.1, 0.15) is 27.9 Å². The molecule has 1 saturated heterocycles. The quantitative estimate of drug-likeness (QED) is 0.854. The van der Waals surface area contributed by atoms with Crippen molar-refractivity contribution < 1.29 is 9.59 Å². The van der Waals surface area contributed by atoms with Crippen molar-refractivity contribution in [1.82, 2.24) is 10.2 Å². The molecule has 1 fully saturated rings. The van der Waals surface area contributed by atoms with Gasteiger partial charge in [0.15, 0.2) is 0 Å². The molecule has 4 heteroatoms. The van der Waals surface area contributed by atoms with Crippen molar-refractivity contribution >= 4 is 11.8 Å². The second-order valence-corrected chi connectivity index (χ2v) is 6.18. The van der Waals surface area contributed by atoms with Gasteiger partial charge in [-0.1, -0.05) is 42.3 Å². The van der Waals surface area contributed by atoms with E-state index in [4.69, 9.17) is 6.42 Å². The van der Waals surface area contributed by atoms with E-state index >= 15 is 0 Å². The Hall–Kier alpha value is -3.06. The lowest BCUT2D eigenvalue weighted by Gasteiger charge is -2.17. The average molecular weight is 332 g/mol. The predicted molar refractivity (Wildman–Crippen MR) is 97.0 cm³/mol. The highest BCUT2D eigenvalue weighted by Crippen LogP contribution is 2.14. The van der Waals surface area contributed by atoms with Crippen molar-refractivity contribution in [2.75, 3.05) is 13.1 Å². The molecule has 1 unspecified atom stereocenters. The molecule has 3 rings (SSSR count). The van der Waals surface area contributed by atoms with E-state index in [0.717, 1.165) is 6.42 Å². The normalized spacial score (nSPS) is 16.5. The van der Waals surface area contributed by atoms with Gasteiger partial charge in [0.25, 0.3) is 5.91 Å². The third-order valence-electron chi connectivity index (χ3n) is 4.35. The Balaban J connectivity index is 1.55. The molecule has 126 valence electrons. The summed E-state index contributed by atoms with van der Waals surface area (Å²) in [4.78, 5) is 26.3. The Morgan fingerprint density at radius 1 is 1.20 bits per heavy atom. The van der Waals surface area contributed by atoms with Gasteiger partial charge in [-0.05, 0) is 30.2 Å². The predicted octanol–water partition coefficient (Wildman–Crippen LogP) is 2.24. The summed E-state index contributed by atoms with van der Waals surface area (Å²) in [6, 6.07) is 16.9. The second-order valence-electron chi connectivity index (χ2n) is 6.18. The van der Waals surface area contributed by atoms with Crippen LogP contribution >= 0.6 is 0 Å². The number of carbonyl (C=O) groups is 2. The van der Waals surface area contributed by atoms with Crippen molar-refractivity contribution in [1.29, 1.82) is 0 Å². The van der Waals surface area contributed by atoms with Gasteiger partial charge in [-0.3, -0.25) is 9.59 Å². The van der Waals surface area contributed by atoms with Crippen LogP contribution in [0.15, 0.2) is 54.6 Å². The first-order valence-corrected chi connectivity index (χ1v) is 8.35. The van der Waals surface area contributed by atoms with E-state index in [1.807, 2.05) is 23.1 Å². The van der Waals surface area contributed by atoms with Crippen LogP contribution in [0.2, 0.25) is 0 Å². The number of benzene rings is 2. The van der Waals surface area contributed by atoms with Gasteiger partial charge in [0.05, 0.1) is 6.04 Å². The minimum absolute atomic E-state index is 0.0820. The number of nitrogens with zero attached hydrogens (tertiary/aromatic N) is 1. The Morgan fingerprint density at radius 3 is 2.76 bits per heavy atom. The Bertz CT molecular complexity index is 808. The lowest BCUT2D eigenvalue weighted by molar-refractivity contribution is -0.127. The van der Waals surface area contributed by atoms with E-state index in [-0.39, 0.29) is 17.9 Å². The fourth-order valence-corrected chi connectivity index (χ4v) is 3.01. The van der Waals surface area contributed by atoms with Gasteiger partial charge < -0.3 is 10.2 Å². The van der Waals surface area contributed by atoms with E-state index in [9.17, 15) is 9.59 Å². The van der Waals surface area contributed by atoms with Crippen LogP contribution < -0.4 is 5.32 Å². The number of hydrogen-bond acceptors (Lipinski definition) is 2. The Morgan fingerprint density at radius 2 is 2.00 bits per heavy atom. The highest BCUT2D eigenvalue weighted by molar-refractivity contribution is 5.95. The van der Waals surface area contributed by atoms with Gasteiger partial charge in [0.2, 0.25) is 5.91 Å². The number of likely N-dealkylation sites (tertiary alicyclic amines) is 1. The summed E-state index contributed by atoms with van der Waals surface area (Å²) >= 11 is 0. The molecule has 0 aromatic heterocycles. The third-order valence-corrected chi connectivity index (χ3v) is 4.35. The van der Waals surface area contributed by atoms with Crippen molar-refractivity contribution in [2.45, 2.75) is 18.9 Å². The molecule has 1 atom stereocenters.